The van der Waals surface area contributed by atoms with Crippen molar-refractivity contribution in [2.24, 2.45) is 0 Å². The van der Waals surface area contributed by atoms with Crippen molar-refractivity contribution in [2.75, 3.05) is 25.1 Å². The molecule has 13 heavy (non-hydrogen) atoms. The molecule has 0 aliphatic carbocycles. The van der Waals surface area contributed by atoms with Crippen LogP contribution in [-0.2, 0) is 4.74 Å². The van der Waals surface area contributed by atoms with E-state index in [9.17, 15) is 0 Å². The van der Waals surface area contributed by atoms with Crippen LogP contribution in [0.15, 0.2) is 12.1 Å². The molecule has 0 amide bonds. The largest absolute Gasteiger partial charge is 0.380 e. The lowest BCUT2D eigenvalue weighted by molar-refractivity contribution is 0.121. The molecule has 0 bridgehead atoms. The van der Waals surface area contributed by atoms with E-state index in [0.717, 1.165) is 23.8 Å². The van der Waals surface area contributed by atoms with E-state index < -0.39 is 0 Å². The van der Waals surface area contributed by atoms with Gasteiger partial charge in [0, 0.05) is 20.2 Å². The van der Waals surface area contributed by atoms with Crippen LogP contribution < -0.4 is 4.90 Å². The van der Waals surface area contributed by atoms with Crippen molar-refractivity contribution in [2.45, 2.75) is 12.5 Å². The van der Waals surface area contributed by atoms with Crippen LogP contribution in [0.3, 0.4) is 0 Å². The fourth-order valence-electron chi connectivity index (χ4n) is 1.60. The van der Waals surface area contributed by atoms with Gasteiger partial charge in [0.1, 0.15) is 0 Å². The minimum Gasteiger partial charge on any atom is -0.380 e. The SMILES string of the molecule is COC1CCN(c2ccc(Cl)s2)C1. The van der Waals surface area contributed by atoms with E-state index in [1.807, 2.05) is 6.07 Å². The van der Waals surface area contributed by atoms with Gasteiger partial charge in [-0.2, -0.15) is 0 Å². The summed E-state index contributed by atoms with van der Waals surface area (Å²) < 4.78 is 6.16. The Morgan fingerprint density at radius 3 is 3.00 bits per heavy atom. The molecule has 1 atom stereocenters. The van der Waals surface area contributed by atoms with E-state index in [2.05, 4.69) is 11.0 Å². The van der Waals surface area contributed by atoms with Gasteiger partial charge in [-0.05, 0) is 18.6 Å². The van der Waals surface area contributed by atoms with E-state index in [4.69, 9.17) is 16.3 Å². The fourth-order valence-corrected chi connectivity index (χ4v) is 2.66. The van der Waals surface area contributed by atoms with Crippen molar-refractivity contribution in [3.05, 3.63) is 16.5 Å². The van der Waals surface area contributed by atoms with Crippen molar-refractivity contribution in [1.29, 1.82) is 0 Å². The molecular weight excluding hydrogens is 206 g/mol. The molecule has 2 heterocycles. The summed E-state index contributed by atoms with van der Waals surface area (Å²) in [6.07, 6.45) is 1.51. The number of halogens is 1. The number of thiophene rings is 1. The van der Waals surface area contributed by atoms with Gasteiger partial charge in [0.2, 0.25) is 0 Å². The molecule has 1 aromatic rings. The molecule has 0 aromatic carbocycles. The Balaban J connectivity index is 2.03. The third kappa shape index (κ3) is 1.98. The first-order valence-corrected chi connectivity index (χ1v) is 5.52. The second-order valence-corrected chi connectivity index (χ2v) is 4.86. The van der Waals surface area contributed by atoms with Gasteiger partial charge in [-0.15, -0.1) is 11.3 Å². The summed E-state index contributed by atoms with van der Waals surface area (Å²) >= 11 is 7.50. The maximum absolute atomic E-state index is 5.87. The Labute approximate surface area is 87.1 Å². The minimum absolute atomic E-state index is 0.390. The molecular formula is C9H12ClNOS. The topological polar surface area (TPSA) is 12.5 Å². The normalized spacial score (nSPS) is 22.6. The lowest BCUT2D eigenvalue weighted by atomic mass is 10.3. The Morgan fingerprint density at radius 2 is 2.46 bits per heavy atom. The molecule has 1 unspecified atom stereocenters. The number of hydrogen-bond acceptors (Lipinski definition) is 3. The zero-order valence-electron chi connectivity index (χ0n) is 7.50. The Kier molecular flexibility index (Phi) is 2.77. The van der Waals surface area contributed by atoms with Gasteiger partial charge in [-0.3, -0.25) is 0 Å². The molecule has 72 valence electrons. The molecule has 1 aliphatic heterocycles. The molecule has 1 aromatic heterocycles. The van der Waals surface area contributed by atoms with Crippen molar-refractivity contribution in [3.8, 4) is 0 Å². The highest BCUT2D eigenvalue weighted by atomic mass is 35.5. The van der Waals surface area contributed by atoms with Crippen LogP contribution in [0.2, 0.25) is 4.34 Å². The molecule has 4 heteroatoms. The summed E-state index contributed by atoms with van der Waals surface area (Å²) in [5.74, 6) is 0. The van der Waals surface area contributed by atoms with Crippen LogP contribution in [0.25, 0.3) is 0 Å². The average molecular weight is 218 g/mol. The van der Waals surface area contributed by atoms with Crippen molar-refractivity contribution >= 4 is 27.9 Å². The molecule has 2 nitrogen and oxygen atoms in total. The maximum atomic E-state index is 5.87. The molecule has 0 radical (unpaired) electrons. The average Bonchev–Trinajstić information content (AvgIpc) is 2.71. The predicted molar refractivity (Wildman–Crippen MR) is 57.0 cm³/mol. The molecule has 1 fully saturated rings. The van der Waals surface area contributed by atoms with Gasteiger partial charge in [0.05, 0.1) is 15.4 Å². The summed E-state index contributed by atoms with van der Waals surface area (Å²) in [4.78, 5) is 2.32. The van der Waals surface area contributed by atoms with E-state index >= 15 is 0 Å². The van der Waals surface area contributed by atoms with E-state index in [1.54, 1.807) is 18.4 Å². The molecule has 0 saturated carbocycles. The van der Waals surface area contributed by atoms with Gasteiger partial charge < -0.3 is 9.64 Å². The molecule has 1 aliphatic rings. The zero-order chi connectivity index (χ0) is 9.26. The lowest BCUT2D eigenvalue weighted by Gasteiger charge is -2.15. The van der Waals surface area contributed by atoms with Crippen LogP contribution in [0.4, 0.5) is 5.00 Å². The minimum atomic E-state index is 0.390. The number of ether oxygens (including phenoxy) is 1. The molecule has 0 spiro atoms. The highest BCUT2D eigenvalue weighted by molar-refractivity contribution is 7.19. The van der Waals surface area contributed by atoms with Crippen LogP contribution in [0, 0.1) is 0 Å². The predicted octanol–water partition coefficient (Wildman–Crippen LogP) is 2.63. The first kappa shape index (κ1) is 9.31. The maximum Gasteiger partial charge on any atom is 0.0950 e. The number of nitrogens with zero attached hydrogens (tertiary/aromatic N) is 1. The fraction of sp³-hybridized carbons (Fsp3) is 0.556. The van der Waals surface area contributed by atoms with Gasteiger partial charge in [-0.25, -0.2) is 0 Å². The number of anilines is 1. The summed E-state index contributed by atoms with van der Waals surface area (Å²) in [5, 5.41) is 1.25. The van der Waals surface area contributed by atoms with Crippen LogP contribution in [0.1, 0.15) is 6.42 Å². The summed E-state index contributed by atoms with van der Waals surface area (Å²) in [7, 11) is 1.77. The van der Waals surface area contributed by atoms with Crippen LogP contribution >= 0.6 is 22.9 Å². The first-order chi connectivity index (χ1) is 6.29. The van der Waals surface area contributed by atoms with Gasteiger partial charge >= 0.3 is 0 Å². The smallest absolute Gasteiger partial charge is 0.0950 e. The quantitative estimate of drug-likeness (QED) is 0.755. The summed E-state index contributed by atoms with van der Waals surface area (Å²) in [6.45, 7) is 2.07. The Hall–Kier alpha value is -0.250. The van der Waals surface area contributed by atoms with E-state index in [0.29, 0.717) is 6.10 Å². The Bertz CT molecular complexity index is 289. The lowest BCUT2D eigenvalue weighted by Crippen LogP contribution is -2.20. The monoisotopic (exact) mass is 217 g/mol. The second-order valence-electron chi connectivity index (χ2n) is 3.17. The summed E-state index contributed by atoms with van der Waals surface area (Å²) in [6, 6.07) is 4.02. The highest BCUT2D eigenvalue weighted by Crippen LogP contribution is 2.31. The molecule has 0 N–H and O–H groups in total. The van der Waals surface area contributed by atoms with Crippen molar-refractivity contribution < 1.29 is 4.74 Å². The van der Waals surface area contributed by atoms with E-state index in [-0.39, 0.29) is 0 Å². The van der Waals surface area contributed by atoms with Crippen molar-refractivity contribution in [3.63, 3.8) is 0 Å². The van der Waals surface area contributed by atoms with E-state index in [1.165, 1.54) is 5.00 Å². The Morgan fingerprint density at radius 1 is 1.62 bits per heavy atom. The molecule has 2 rings (SSSR count). The first-order valence-electron chi connectivity index (χ1n) is 4.32. The van der Waals surface area contributed by atoms with Crippen LogP contribution in [-0.4, -0.2) is 26.3 Å². The summed E-state index contributed by atoms with van der Waals surface area (Å²) in [5.41, 5.74) is 0. The highest BCUT2D eigenvalue weighted by Gasteiger charge is 2.22. The van der Waals surface area contributed by atoms with Crippen LogP contribution in [0.5, 0.6) is 0 Å². The molecule has 1 saturated heterocycles. The zero-order valence-corrected chi connectivity index (χ0v) is 9.07. The third-order valence-corrected chi connectivity index (χ3v) is 3.64. The van der Waals surface area contributed by atoms with Gasteiger partial charge in [0.25, 0.3) is 0 Å². The number of methoxy groups -OCH3 is 1. The second kappa shape index (κ2) is 3.86. The number of rotatable bonds is 2. The number of hydrogen-bond donors (Lipinski definition) is 0. The van der Waals surface area contributed by atoms with Crippen molar-refractivity contribution in [1.82, 2.24) is 0 Å². The standard InChI is InChI=1S/C9H12ClNOS/c1-12-7-4-5-11(6-7)9-3-2-8(10)13-9/h2-3,7H,4-6H2,1H3. The van der Waals surface area contributed by atoms with Gasteiger partial charge in [-0.1, -0.05) is 11.6 Å². The van der Waals surface area contributed by atoms with Gasteiger partial charge in [0.15, 0.2) is 0 Å². The third-order valence-electron chi connectivity index (χ3n) is 2.35.